The molecule has 1 aliphatic heterocycles. The summed E-state index contributed by atoms with van der Waals surface area (Å²) in [6.07, 6.45) is 1.60. The Morgan fingerprint density at radius 3 is 2.77 bits per heavy atom. The highest BCUT2D eigenvalue weighted by molar-refractivity contribution is 9.10. The number of thioether (sulfide) groups is 1. The third-order valence-corrected chi connectivity index (χ3v) is 3.33. The largest absolute Gasteiger partial charge is 0.355 e. The lowest BCUT2D eigenvalue weighted by molar-refractivity contribution is 0.833. The summed E-state index contributed by atoms with van der Waals surface area (Å²) in [4.78, 5) is 10.5. The zero-order valence-corrected chi connectivity index (χ0v) is 9.51. The van der Waals surface area contributed by atoms with Crippen LogP contribution in [0.5, 0.6) is 0 Å². The predicted octanol–water partition coefficient (Wildman–Crippen LogP) is 1.79. The van der Waals surface area contributed by atoms with Crippen LogP contribution in [0, 0.1) is 0 Å². The van der Waals surface area contributed by atoms with Gasteiger partial charge in [-0.2, -0.15) is 11.8 Å². The second-order valence-corrected chi connectivity index (χ2v) is 4.84. The van der Waals surface area contributed by atoms with Crippen LogP contribution in [-0.2, 0) is 0 Å². The summed E-state index contributed by atoms with van der Waals surface area (Å²) in [6, 6.07) is 1.97. The van der Waals surface area contributed by atoms with Gasteiger partial charge in [0.15, 0.2) is 0 Å². The molecular formula is C8H10BrN3S. The molecule has 1 aromatic rings. The van der Waals surface area contributed by atoms with Gasteiger partial charge in [0.1, 0.15) is 16.7 Å². The topological polar surface area (TPSA) is 29.0 Å². The summed E-state index contributed by atoms with van der Waals surface area (Å²) >= 11 is 5.35. The van der Waals surface area contributed by atoms with Crippen molar-refractivity contribution in [2.24, 2.45) is 0 Å². The van der Waals surface area contributed by atoms with Crippen molar-refractivity contribution >= 4 is 33.5 Å². The maximum absolute atomic E-state index is 4.24. The average molecular weight is 260 g/mol. The zero-order chi connectivity index (χ0) is 9.10. The Morgan fingerprint density at radius 2 is 2.08 bits per heavy atom. The Bertz CT molecular complexity index is 288. The van der Waals surface area contributed by atoms with E-state index in [2.05, 4.69) is 30.8 Å². The molecule has 1 fully saturated rings. The molecule has 0 radical (unpaired) electrons. The Balaban J connectivity index is 2.14. The van der Waals surface area contributed by atoms with Gasteiger partial charge in [0.05, 0.1) is 0 Å². The van der Waals surface area contributed by atoms with Gasteiger partial charge in [-0.3, -0.25) is 0 Å². The summed E-state index contributed by atoms with van der Waals surface area (Å²) < 4.78 is 0.857. The Kier molecular flexibility index (Phi) is 3.05. The van der Waals surface area contributed by atoms with E-state index < -0.39 is 0 Å². The highest BCUT2D eigenvalue weighted by Gasteiger charge is 2.12. The van der Waals surface area contributed by atoms with Gasteiger partial charge in [0.25, 0.3) is 0 Å². The standard InChI is InChI=1S/C8H10BrN3S/c9-7-5-8(11-6-10-7)12-1-3-13-4-2-12/h5-6H,1-4H2. The van der Waals surface area contributed by atoms with Crippen molar-refractivity contribution < 1.29 is 0 Å². The fraction of sp³-hybridized carbons (Fsp3) is 0.500. The molecule has 3 nitrogen and oxygen atoms in total. The number of aromatic nitrogens is 2. The Labute approximate surface area is 90.1 Å². The van der Waals surface area contributed by atoms with Crippen LogP contribution in [-0.4, -0.2) is 34.6 Å². The molecule has 0 atom stereocenters. The molecule has 13 heavy (non-hydrogen) atoms. The maximum atomic E-state index is 4.24. The fourth-order valence-corrected chi connectivity index (χ4v) is 2.49. The molecule has 0 aromatic carbocycles. The van der Waals surface area contributed by atoms with Crippen LogP contribution >= 0.6 is 27.7 Å². The van der Waals surface area contributed by atoms with Gasteiger partial charge >= 0.3 is 0 Å². The molecule has 0 spiro atoms. The number of halogens is 1. The average Bonchev–Trinajstić information content (AvgIpc) is 2.19. The molecular weight excluding hydrogens is 250 g/mol. The van der Waals surface area contributed by atoms with E-state index in [1.165, 1.54) is 11.5 Å². The van der Waals surface area contributed by atoms with Crippen LogP contribution in [0.4, 0.5) is 5.82 Å². The zero-order valence-electron chi connectivity index (χ0n) is 7.11. The molecule has 1 aliphatic rings. The summed E-state index contributed by atoms with van der Waals surface area (Å²) in [7, 11) is 0. The van der Waals surface area contributed by atoms with Gasteiger partial charge in [0.2, 0.25) is 0 Å². The summed E-state index contributed by atoms with van der Waals surface area (Å²) in [6.45, 7) is 2.18. The molecule has 0 bridgehead atoms. The van der Waals surface area contributed by atoms with Gasteiger partial charge < -0.3 is 4.90 Å². The van der Waals surface area contributed by atoms with Crippen LogP contribution in [0.1, 0.15) is 0 Å². The van der Waals surface area contributed by atoms with E-state index in [1.807, 2.05) is 17.8 Å². The Hall–Kier alpha value is -0.290. The first kappa shape index (κ1) is 9.27. The second-order valence-electron chi connectivity index (χ2n) is 2.80. The van der Waals surface area contributed by atoms with E-state index in [0.29, 0.717) is 0 Å². The van der Waals surface area contributed by atoms with E-state index in [9.17, 15) is 0 Å². The van der Waals surface area contributed by atoms with Crippen molar-refractivity contribution in [2.75, 3.05) is 29.5 Å². The number of hydrogen-bond acceptors (Lipinski definition) is 4. The van der Waals surface area contributed by atoms with Crippen molar-refractivity contribution in [3.63, 3.8) is 0 Å². The van der Waals surface area contributed by atoms with Crippen molar-refractivity contribution in [3.05, 3.63) is 17.0 Å². The lowest BCUT2D eigenvalue weighted by Gasteiger charge is -2.27. The van der Waals surface area contributed by atoms with E-state index in [-0.39, 0.29) is 0 Å². The summed E-state index contributed by atoms with van der Waals surface area (Å²) in [5, 5.41) is 0. The van der Waals surface area contributed by atoms with Crippen LogP contribution in [0.15, 0.2) is 17.0 Å². The highest BCUT2D eigenvalue weighted by Crippen LogP contribution is 2.18. The van der Waals surface area contributed by atoms with Crippen molar-refractivity contribution in [3.8, 4) is 0 Å². The van der Waals surface area contributed by atoms with Crippen LogP contribution in [0.25, 0.3) is 0 Å². The van der Waals surface area contributed by atoms with Crippen molar-refractivity contribution in [1.29, 1.82) is 0 Å². The lowest BCUT2D eigenvalue weighted by atomic mass is 10.4. The number of anilines is 1. The first-order chi connectivity index (χ1) is 6.36. The van der Waals surface area contributed by atoms with Gasteiger partial charge in [-0.05, 0) is 15.9 Å². The van der Waals surface area contributed by atoms with E-state index in [1.54, 1.807) is 6.33 Å². The normalized spacial score (nSPS) is 17.5. The number of rotatable bonds is 1. The second kappa shape index (κ2) is 4.28. The first-order valence-corrected chi connectivity index (χ1v) is 6.11. The third-order valence-electron chi connectivity index (χ3n) is 1.95. The molecule has 2 rings (SSSR count). The van der Waals surface area contributed by atoms with Crippen LogP contribution in [0.3, 0.4) is 0 Å². The highest BCUT2D eigenvalue weighted by atomic mass is 79.9. The van der Waals surface area contributed by atoms with E-state index >= 15 is 0 Å². The lowest BCUT2D eigenvalue weighted by Crippen LogP contribution is -2.33. The molecule has 5 heteroatoms. The number of nitrogens with zero attached hydrogens (tertiary/aromatic N) is 3. The first-order valence-electron chi connectivity index (χ1n) is 4.16. The van der Waals surface area contributed by atoms with Crippen LogP contribution in [0.2, 0.25) is 0 Å². The van der Waals surface area contributed by atoms with Crippen molar-refractivity contribution in [1.82, 2.24) is 9.97 Å². The monoisotopic (exact) mass is 259 g/mol. The number of hydrogen-bond donors (Lipinski definition) is 0. The quantitative estimate of drug-likeness (QED) is 0.720. The summed E-state index contributed by atoms with van der Waals surface area (Å²) in [5.41, 5.74) is 0. The maximum Gasteiger partial charge on any atom is 0.133 e. The third kappa shape index (κ3) is 2.34. The smallest absolute Gasteiger partial charge is 0.133 e. The van der Waals surface area contributed by atoms with E-state index in [0.717, 1.165) is 23.5 Å². The Morgan fingerprint density at radius 1 is 1.31 bits per heavy atom. The predicted molar refractivity (Wildman–Crippen MR) is 59.3 cm³/mol. The molecule has 1 aromatic heterocycles. The van der Waals surface area contributed by atoms with Crippen molar-refractivity contribution in [2.45, 2.75) is 0 Å². The molecule has 1 saturated heterocycles. The van der Waals surface area contributed by atoms with Gasteiger partial charge in [-0.15, -0.1) is 0 Å². The molecule has 0 unspecified atom stereocenters. The SMILES string of the molecule is Brc1cc(N2CCSCC2)ncn1. The summed E-state index contributed by atoms with van der Waals surface area (Å²) in [5.74, 6) is 3.42. The molecule has 70 valence electrons. The minimum atomic E-state index is 0.857. The molecule has 2 heterocycles. The molecule has 0 saturated carbocycles. The van der Waals surface area contributed by atoms with Gasteiger partial charge in [0, 0.05) is 30.7 Å². The molecule has 0 amide bonds. The van der Waals surface area contributed by atoms with Crippen LogP contribution < -0.4 is 4.90 Å². The van der Waals surface area contributed by atoms with E-state index in [4.69, 9.17) is 0 Å². The minimum Gasteiger partial charge on any atom is -0.355 e. The fourth-order valence-electron chi connectivity index (χ4n) is 1.29. The molecule has 0 N–H and O–H groups in total. The molecule has 0 aliphatic carbocycles. The van der Waals surface area contributed by atoms with Gasteiger partial charge in [-0.1, -0.05) is 0 Å². The minimum absolute atomic E-state index is 0.857. The van der Waals surface area contributed by atoms with Gasteiger partial charge in [-0.25, -0.2) is 9.97 Å².